The lowest BCUT2D eigenvalue weighted by molar-refractivity contribution is 0.587. The molecule has 0 radical (unpaired) electrons. The van der Waals surface area contributed by atoms with Crippen molar-refractivity contribution in [3.05, 3.63) is 83.2 Å². The number of halogens is 4. The fourth-order valence-corrected chi connectivity index (χ4v) is 2.46. The molecule has 0 atom stereocenters. The number of rotatable bonds is 4. The minimum Gasteiger partial charge on any atom is -0.353 e. The van der Waals surface area contributed by atoms with E-state index in [0.29, 0.717) is 22.8 Å². The van der Waals surface area contributed by atoms with Crippen LogP contribution in [0.1, 0.15) is 25.2 Å². The summed E-state index contributed by atoms with van der Waals surface area (Å²) >= 11 is 0. The van der Waals surface area contributed by atoms with Crippen molar-refractivity contribution in [1.29, 1.82) is 0 Å². The molecule has 3 aromatic rings. The highest BCUT2D eigenvalue weighted by Gasteiger charge is 2.11. The second-order valence-corrected chi connectivity index (χ2v) is 5.82. The van der Waals surface area contributed by atoms with E-state index in [4.69, 9.17) is 0 Å². The largest absolute Gasteiger partial charge is 0.353 e. The Balaban J connectivity index is 1.92. The maximum atomic E-state index is 13.7. The maximum Gasteiger partial charge on any atom is 0.151 e. The molecule has 138 valence electrons. The Morgan fingerprint density at radius 2 is 0.963 bits per heavy atom. The molecule has 0 aliphatic heterocycles. The van der Waals surface area contributed by atoms with Gasteiger partial charge in [0.05, 0.1) is 22.8 Å². The Bertz CT molecular complexity index is 929. The summed E-state index contributed by atoms with van der Waals surface area (Å²) in [5, 5.41) is 0. The first-order chi connectivity index (χ1) is 12.9. The van der Waals surface area contributed by atoms with Crippen LogP contribution in [0, 0.1) is 23.3 Å². The average Bonchev–Trinajstić information content (AvgIpc) is 3.12. The number of aromatic nitrogens is 1. The SMILES string of the molecule is CC(=Nc1c(F)cccc1F)c1ccc(C(C)=Nc2c(F)cccc2F)[nH]1. The van der Waals surface area contributed by atoms with Crippen LogP contribution in [0.2, 0.25) is 0 Å². The Hall–Kier alpha value is -3.22. The lowest BCUT2D eigenvalue weighted by Gasteiger charge is -2.03. The smallest absolute Gasteiger partial charge is 0.151 e. The molecule has 27 heavy (non-hydrogen) atoms. The van der Waals surface area contributed by atoms with Crippen molar-refractivity contribution >= 4 is 22.8 Å². The van der Waals surface area contributed by atoms with Gasteiger partial charge in [0.15, 0.2) is 23.3 Å². The van der Waals surface area contributed by atoms with Gasteiger partial charge in [-0.1, -0.05) is 12.1 Å². The summed E-state index contributed by atoms with van der Waals surface area (Å²) in [6.45, 7) is 3.18. The van der Waals surface area contributed by atoms with Gasteiger partial charge in [0, 0.05) is 0 Å². The van der Waals surface area contributed by atoms with Crippen molar-refractivity contribution in [3.63, 3.8) is 0 Å². The first kappa shape index (κ1) is 18.6. The van der Waals surface area contributed by atoms with Crippen LogP contribution in [0.4, 0.5) is 28.9 Å². The molecule has 3 rings (SSSR count). The molecule has 0 fully saturated rings. The van der Waals surface area contributed by atoms with Crippen LogP contribution in [0.15, 0.2) is 58.5 Å². The van der Waals surface area contributed by atoms with E-state index >= 15 is 0 Å². The van der Waals surface area contributed by atoms with Crippen LogP contribution in [0.25, 0.3) is 0 Å². The minimum atomic E-state index is -0.770. The van der Waals surface area contributed by atoms with Gasteiger partial charge in [0.2, 0.25) is 0 Å². The Labute approximate surface area is 153 Å². The molecule has 0 amide bonds. The zero-order valence-corrected chi connectivity index (χ0v) is 14.5. The highest BCUT2D eigenvalue weighted by molar-refractivity contribution is 6.03. The summed E-state index contributed by atoms with van der Waals surface area (Å²) in [6.07, 6.45) is 0. The molecule has 1 aromatic heterocycles. The Kier molecular flexibility index (Phi) is 5.21. The van der Waals surface area contributed by atoms with Crippen LogP contribution in [-0.2, 0) is 0 Å². The van der Waals surface area contributed by atoms with Crippen LogP contribution in [0.3, 0.4) is 0 Å². The van der Waals surface area contributed by atoms with Gasteiger partial charge in [-0.3, -0.25) is 0 Å². The van der Waals surface area contributed by atoms with Gasteiger partial charge in [-0.15, -0.1) is 0 Å². The minimum absolute atomic E-state index is 0.343. The summed E-state index contributed by atoms with van der Waals surface area (Å²) in [5.41, 5.74) is 0.910. The Morgan fingerprint density at radius 3 is 1.30 bits per heavy atom. The van der Waals surface area contributed by atoms with Crippen molar-refractivity contribution in [3.8, 4) is 0 Å². The van der Waals surface area contributed by atoms with Gasteiger partial charge >= 0.3 is 0 Å². The number of nitrogens with one attached hydrogen (secondary N) is 1. The van der Waals surface area contributed by atoms with Gasteiger partial charge in [-0.25, -0.2) is 27.5 Å². The van der Waals surface area contributed by atoms with Gasteiger partial charge in [0.1, 0.15) is 11.4 Å². The third-order valence-corrected chi connectivity index (χ3v) is 3.90. The van der Waals surface area contributed by atoms with Crippen molar-refractivity contribution in [1.82, 2.24) is 4.98 Å². The zero-order valence-electron chi connectivity index (χ0n) is 14.5. The third kappa shape index (κ3) is 3.97. The normalized spacial score (nSPS) is 12.5. The molecular formula is C20H15F4N3. The molecule has 7 heteroatoms. The van der Waals surface area contributed by atoms with E-state index in [1.54, 1.807) is 26.0 Å². The van der Waals surface area contributed by atoms with Crippen LogP contribution in [0.5, 0.6) is 0 Å². The van der Waals surface area contributed by atoms with E-state index in [1.165, 1.54) is 12.1 Å². The van der Waals surface area contributed by atoms with E-state index in [-0.39, 0.29) is 11.4 Å². The molecule has 3 nitrogen and oxygen atoms in total. The van der Waals surface area contributed by atoms with Crippen molar-refractivity contribution < 1.29 is 17.6 Å². The second kappa shape index (κ2) is 7.57. The van der Waals surface area contributed by atoms with Gasteiger partial charge in [-0.05, 0) is 50.2 Å². The Morgan fingerprint density at radius 1 is 0.630 bits per heavy atom. The monoisotopic (exact) mass is 373 g/mol. The van der Waals surface area contributed by atoms with E-state index in [0.717, 1.165) is 24.3 Å². The molecule has 0 saturated carbocycles. The van der Waals surface area contributed by atoms with Gasteiger partial charge in [-0.2, -0.15) is 0 Å². The van der Waals surface area contributed by atoms with Crippen molar-refractivity contribution in [2.45, 2.75) is 13.8 Å². The highest BCUT2D eigenvalue weighted by Crippen LogP contribution is 2.24. The second-order valence-electron chi connectivity index (χ2n) is 5.82. The predicted molar refractivity (Wildman–Crippen MR) is 97.3 cm³/mol. The fourth-order valence-electron chi connectivity index (χ4n) is 2.46. The standard InChI is InChI=1S/C20H15F4N3/c1-11(25-19-13(21)5-3-6-14(19)22)17-9-10-18(27-17)12(2)26-20-15(23)7-4-8-16(20)24/h3-10,27H,1-2H3. The first-order valence-electron chi connectivity index (χ1n) is 8.05. The molecule has 1 N–H and O–H groups in total. The zero-order chi connectivity index (χ0) is 19.6. The van der Waals surface area contributed by atoms with Crippen LogP contribution < -0.4 is 0 Å². The van der Waals surface area contributed by atoms with Gasteiger partial charge < -0.3 is 4.98 Å². The molecule has 1 heterocycles. The molecule has 0 unspecified atom stereocenters. The van der Waals surface area contributed by atoms with E-state index in [2.05, 4.69) is 15.0 Å². The summed E-state index contributed by atoms with van der Waals surface area (Å²) < 4.78 is 54.9. The molecule has 0 bridgehead atoms. The van der Waals surface area contributed by atoms with Crippen molar-refractivity contribution in [2.24, 2.45) is 9.98 Å². The van der Waals surface area contributed by atoms with E-state index < -0.39 is 23.3 Å². The number of para-hydroxylation sites is 2. The third-order valence-electron chi connectivity index (χ3n) is 3.90. The summed E-state index contributed by atoms with van der Waals surface area (Å²) in [5.74, 6) is -3.08. The quantitative estimate of drug-likeness (QED) is 0.440. The molecule has 0 spiro atoms. The molecule has 0 aliphatic rings. The predicted octanol–water partition coefficient (Wildman–Crippen LogP) is 5.85. The topological polar surface area (TPSA) is 40.5 Å². The lowest BCUT2D eigenvalue weighted by Crippen LogP contribution is -2.00. The van der Waals surface area contributed by atoms with E-state index in [1.807, 2.05) is 0 Å². The van der Waals surface area contributed by atoms with Crippen LogP contribution >= 0.6 is 0 Å². The summed E-state index contributed by atoms with van der Waals surface area (Å²) in [4.78, 5) is 11.0. The number of aromatic amines is 1. The maximum absolute atomic E-state index is 13.7. The lowest BCUT2D eigenvalue weighted by atomic mass is 10.2. The summed E-state index contributed by atoms with van der Waals surface area (Å²) in [7, 11) is 0. The van der Waals surface area contributed by atoms with Gasteiger partial charge in [0.25, 0.3) is 0 Å². The molecule has 2 aromatic carbocycles. The first-order valence-corrected chi connectivity index (χ1v) is 8.05. The van der Waals surface area contributed by atoms with Crippen molar-refractivity contribution in [2.75, 3.05) is 0 Å². The number of benzene rings is 2. The van der Waals surface area contributed by atoms with Crippen LogP contribution in [-0.4, -0.2) is 16.4 Å². The average molecular weight is 373 g/mol. The van der Waals surface area contributed by atoms with E-state index in [9.17, 15) is 17.6 Å². The number of H-pyrrole nitrogens is 1. The number of nitrogens with zero attached hydrogens (tertiary/aromatic N) is 2. The number of hydrogen-bond donors (Lipinski definition) is 1. The number of aliphatic imine (C=N–C) groups is 2. The molecule has 0 aliphatic carbocycles. The molecule has 0 saturated heterocycles. The highest BCUT2D eigenvalue weighted by atomic mass is 19.1. The molecular weight excluding hydrogens is 358 g/mol. The number of hydrogen-bond acceptors (Lipinski definition) is 2. The fraction of sp³-hybridized carbons (Fsp3) is 0.100. The summed E-state index contributed by atoms with van der Waals surface area (Å²) in [6, 6.07) is 10.3.